The van der Waals surface area contributed by atoms with Crippen molar-refractivity contribution in [3.05, 3.63) is 70.8 Å². The van der Waals surface area contributed by atoms with Gasteiger partial charge in [0.1, 0.15) is 0 Å². The molecular formula is C33H45NO. The fourth-order valence-electron chi connectivity index (χ4n) is 5.25. The van der Waals surface area contributed by atoms with Crippen LogP contribution >= 0.6 is 0 Å². The van der Waals surface area contributed by atoms with E-state index in [1.54, 1.807) is 0 Å². The Hall–Kier alpha value is -2.37. The maximum absolute atomic E-state index is 9.57. The van der Waals surface area contributed by atoms with Crippen LogP contribution in [0.5, 0.6) is 0 Å². The Morgan fingerprint density at radius 1 is 1.03 bits per heavy atom. The van der Waals surface area contributed by atoms with E-state index in [0.29, 0.717) is 11.8 Å². The van der Waals surface area contributed by atoms with E-state index in [-0.39, 0.29) is 6.10 Å². The van der Waals surface area contributed by atoms with Gasteiger partial charge in [0.25, 0.3) is 0 Å². The summed E-state index contributed by atoms with van der Waals surface area (Å²) in [7, 11) is 0. The minimum atomic E-state index is 0.285. The molecule has 2 aromatic carbocycles. The SMILES string of the molecule is CCCCCCc1ccc(-c2ccc(C#N)cc2CC2CC/C=C(/COC(C)C)CCC2C)cc1. The summed E-state index contributed by atoms with van der Waals surface area (Å²) in [5, 5.41) is 9.57. The zero-order valence-electron chi connectivity index (χ0n) is 22.5. The Labute approximate surface area is 214 Å². The topological polar surface area (TPSA) is 33.0 Å². The molecule has 1 aliphatic carbocycles. The number of allylic oxidation sites excluding steroid dienone is 1. The van der Waals surface area contributed by atoms with Crippen LogP contribution in [-0.4, -0.2) is 12.7 Å². The van der Waals surface area contributed by atoms with Crippen molar-refractivity contribution in [2.24, 2.45) is 11.8 Å². The lowest BCUT2D eigenvalue weighted by Crippen LogP contribution is -2.18. The lowest BCUT2D eigenvalue weighted by Gasteiger charge is -2.28. The van der Waals surface area contributed by atoms with Crippen LogP contribution in [-0.2, 0) is 17.6 Å². The zero-order valence-corrected chi connectivity index (χ0v) is 22.5. The molecule has 2 aromatic rings. The molecule has 0 aromatic heterocycles. The molecule has 35 heavy (non-hydrogen) atoms. The summed E-state index contributed by atoms with van der Waals surface area (Å²) in [5.74, 6) is 1.28. The van der Waals surface area contributed by atoms with E-state index >= 15 is 0 Å². The fourth-order valence-corrected chi connectivity index (χ4v) is 5.25. The van der Waals surface area contributed by atoms with E-state index in [1.807, 2.05) is 6.07 Å². The number of ether oxygens (including phenoxy) is 1. The van der Waals surface area contributed by atoms with Crippen molar-refractivity contribution >= 4 is 0 Å². The van der Waals surface area contributed by atoms with Gasteiger partial charge in [-0.1, -0.05) is 69.5 Å². The van der Waals surface area contributed by atoms with Crippen LogP contribution < -0.4 is 0 Å². The molecule has 0 radical (unpaired) electrons. The zero-order chi connectivity index (χ0) is 25.0. The number of unbranched alkanes of at least 4 members (excludes halogenated alkanes) is 3. The summed E-state index contributed by atoms with van der Waals surface area (Å²) >= 11 is 0. The van der Waals surface area contributed by atoms with E-state index < -0.39 is 0 Å². The third kappa shape index (κ3) is 8.66. The van der Waals surface area contributed by atoms with E-state index in [1.165, 1.54) is 66.4 Å². The minimum Gasteiger partial charge on any atom is -0.374 e. The molecule has 0 fully saturated rings. The van der Waals surface area contributed by atoms with Crippen LogP contribution in [0, 0.1) is 23.2 Å². The first-order valence-corrected chi connectivity index (χ1v) is 13.9. The van der Waals surface area contributed by atoms with Gasteiger partial charge in [-0.3, -0.25) is 0 Å². The van der Waals surface area contributed by atoms with Gasteiger partial charge in [0.15, 0.2) is 0 Å². The van der Waals surface area contributed by atoms with E-state index in [0.717, 1.165) is 37.9 Å². The second kappa shape index (κ2) is 14.3. The first-order chi connectivity index (χ1) is 17.0. The second-order valence-corrected chi connectivity index (χ2v) is 10.8. The molecule has 2 unspecified atom stereocenters. The summed E-state index contributed by atoms with van der Waals surface area (Å²) in [6.45, 7) is 9.67. The highest BCUT2D eigenvalue weighted by atomic mass is 16.5. The molecule has 0 amide bonds. The van der Waals surface area contributed by atoms with Crippen LogP contribution in [0.15, 0.2) is 54.1 Å². The van der Waals surface area contributed by atoms with Crippen molar-refractivity contribution < 1.29 is 4.74 Å². The molecule has 2 nitrogen and oxygen atoms in total. The summed E-state index contributed by atoms with van der Waals surface area (Å²) < 4.78 is 5.87. The molecule has 0 aliphatic heterocycles. The highest BCUT2D eigenvalue weighted by Crippen LogP contribution is 2.34. The molecule has 0 heterocycles. The average molecular weight is 472 g/mol. The number of hydrogen-bond acceptors (Lipinski definition) is 2. The number of rotatable bonds is 11. The van der Waals surface area contributed by atoms with Crippen LogP contribution in [0.4, 0.5) is 0 Å². The van der Waals surface area contributed by atoms with Crippen LogP contribution in [0.2, 0.25) is 0 Å². The Morgan fingerprint density at radius 3 is 2.54 bits per heavy atom. The number of hydrogen-bond donors (Lipinski definition) is 0. The summed E-state index contributed by atoms with van der Waals surface area (Å²) in [4.78, 5) is 0. The molecule has 1 aliphatic rings. The molecule has 0 spiro atoms. The molecule has 0 saturated carbocycles. The molecule has 0 saturated heterocycles. The van der Waals surface area contributed by atoms with Crippen molar-refractivity contribution in [3.8, 4) is 17.2 Å². The number of nitrogens with zero attached hydrogens (tertiary/aromatic N) is 1. The second-order valence-electron chi connectivity index (χ2n) is 10.8. The Bertz CT molecular complexity index is 979. The van der Waals surface area contributed by atoms with Gasteiger partial charge in [-0.15, -0.1) is 0 Å². The molecule has 0 bridgehead atoms. The van der Waals surface area contributed by atoms with Gasteiger partial charge >= 0.3 is 0 Å². The summed E-state index contributed by atoms with van der Waals surface area (Å²) in [6, 6.07) is 17.8. The predicted octanol–water partition coefficient (Wildman–Crippen LogP) is 9.07. The molecule has 0 N–H and O–H groups in total. The maximum Gasteiger partial charge on any atom is 0.0991 e. The van der Waals surface area contributed by atoms with Gasteiger partial charge in [-0.2, -0.15) is 5.26 Å². The molecule has 2 heteroatoms. The third-order valence-electron chi connectivity index (χ3n) is 7.60. The Morgan fingerprint density at radius 2 is 1.83 bits per heavy atom. The van der Waals surface area contributed by atoms with Crippen LogP contribution in [0.3, 0.4) is 0 Å². The standard InChI is InChI=1S/C33H45NO/c1-5-6-7-8-10-27-15-18-30(19-16-27)33-20-17-29(23-34)21-32(33)22-31-12-9-11-28(14-13-26(31)4)24-35-25(2)3/h11,15-21,25-26,31H,5-10,12-14,22,24H2,1-4H3/b28-11+. The lowest BCUT2D eigenvalue weighted by atomic mass is 9.78. The smallest absolute Gasteiger partial charge is 0.0991 e. The van der Waals surface area contributed by atoms with Gasteiger partial charge in [0, 0.05) is 0 Å². The largest absolute Gasteiger partial charge is 0.374 e. The predicted molar refractivity (Wildman–Crippen MR) is 148 cm³/mol. The summed E-state index contributed by atoms with van der Waals surface area (Å²) in [6.07, 6.45) is 14.8. The Kier molecular flexibility index (Phi) is 11.1. The third-order valence-corrected chi connectivity index (χ3v) is 7.60. The summed E-state index contributed by atoms with van der Waals surface area (Å²) in [5.41, 5.74) is 7.54. The van der Waals surface area contributed by atoms with Crippen molar-refractivity contribution in [2.75, 3.05) is 6.61 Å². The number of aryl methyl sites for hydroxylation is 1. The molecule has 3 rings (SSSR count). The van der Waals surface area contributed by atoms with Crippen molar-refractivity contribution in [3.63, 3.8) is 0 Å². The van der Waals surface area contributed by atoms with Crippen LogP contribution in [0.1, 0.15) is 95.8 Å². The van der Waals surface area contributed by atoms with Gasteiger partial charge in [0.05, 0.1) is 24.3 Å². The van der Waals surface area contributed by atoms with Crippen LogP contribution in [0.25, 0.3) is 11.1 Å². The normalized spacial score (nSPS) is 20.1. The average Bonchev–Trinajstić information content (AvgIpc) is 2.86. The van der Waals surface area contributed by atoms with Crippen molar-refractivity contribution in [1.82, 2.24) is 0 Å². The number of nitriles is 1. The highest BCUT2D eigenvalue weighted by molar-refractivity contribution is 5.69. The monoisotopic (exact) mass is 471 g/mol. The molecular weight excluding hydrogens is 426 g/mol. The van der Waals surface area contributed by atoms with E-state index in [9.17, 15) is 5.26 Å². The van der Waals surface area contributed by atoms with Gasteiger partial charge in [0.2, 0.25) is 0 Å². The number of benzene rings is 2. The van der Waals surface area contributed by atoms with Gasteiger partial charge < -0.3 is 4.74 Å². The lowest BCUT2D eigenvalue weighted by molar-refractivity contribution is 0.0944. The van der Waals surface area contributed by atoms with Gasteiger partial charge in [-0.25, -0.2) is 0 Å². The fraction of sp³-hybridized carbons (Fsp3) is 0.545. The highest BCUT2D eigenvalue weighted by Gasteiger charge is 2.22. The van der Waals surface area contributed by atoms with E-state index in [4.69, 9.17) is 4.74 Å². The molecule has 188 valence electrons. The molecule has 2 atom stereocenters. The maximum atomic E-state index is 9.57. The first-order valence-electron chi connectivity index (χ1n) is 13.9. The van der Waals surface area contributed by atoms with Gasteiger partial charge in [-0.05, 0) is 111 Å². The van der Waals surface area contributed by atoms with Crippen molar-refractivity contribution in [2.45, 2.75) is 98.0 Å². The van der Waals surface area contributed by atoms with Crippen molar-refractivity contribution in [1.29, 1.82) is 5.26 Å². The minimum absolute atomic E-state index is 0.285. The van der Waals surface area contributed by atoms with E-state index in [2.05, 4.69) is 76.2 Å². The quantitative estimate of drug-likeness (QED) is 0.242. The Balaban J connectivity index is 1.73. The first kappa shape index (κ1) is 27.2.